The van der Waals surface area contributed by atoms with Crippen molar-refractivity contribution >= 4 is 11.6 Å². The molecule has 2 rings (SSSR count). The second-order valence-electron chi connectivity index (χ2n) is 4.01. The summed E-state index contributed by atoms with van der Waals surface area (Å²) in [4.78, 5) is 13.7. The molecule has 6 nitrogen and oxygen atoms in total. The van der Waals surface area contributed by atoms with E-state index < -0.39 is 6.10 Å². The summed E-state index contributed by atoms with van der Waals surface area (Å²) in [5.41, 5.74) is 6.26. The van der Waals surface area contributed by atoms with Gasteiger partial charge in [-0.1, -0.05) is 0 Å². The molecule has 18 heavy (non-hydrogen) atoms. The average Bonchev–Trinajstić information content (AvgIpc) is 2.41. The standard InChI is InChI=1S/C12H13N3O3/c13-6-9-7-15(3-4-18-9)12(17)10-5-8(16)1-2-11(10)14/h1-2,5,9,16H,3-4,7,14H2. The van der Waals surface area contributed by atoms with Crippen molar-refractivity contribution in [1.29, 1.82) is 5.26 Å². The van der Waals surface area contributed by atoms with Gasteiger partial charge >= 0.3 is 0 Å². The third-order valence-electron chi connectivity index (χ3n) is 2.76. The molecule has 1 atom stereocenters. The number of nitrogens with zero attached hydrogens (tertiary/aromatic N) is 2. The Balaban J connectivity index is 2.21. The lowest BCUT2D eigenvalue weighted by atomic mass is 10.1. The summed E-state index contributed by atoms with van der Waals surface area (Å²) in [6.45, 7) is 0.944. The van der Waals surface area contributed by atoms with Crippen molar-refractivity contribution in [3.8, 4) is 11.8 Å². The third-order valence-corrected chi connectivity index (χ3v) is 2.76. The molecular weight excluding hydrogens is 234 g/mol. The summed E-state index contributed by atoms with van der Waals surface area (Å²) >= 11 is 0. The van der Waals surface area contributed by atoms with Crippen LogP contribution in [0.3, 0.4) is 0 Å². The predicted octanol–water partition coefficient (Wildman–Crippen LogP) is 0.339. The van der Waals surface area contributed by atoms with Crippen molar-refractivity contribution in [2.24, 2.45) is 0 Å². The number of nitriles is 1. The number of benzene rings is 1. The number of phenols is 1. The summed E-state index contributed by atoms with van der Waals surface area (Å²) < 4.78 is 5.16. The van der Waals surface area contributed by atoms with E-state index in [9.17, 15) is 9.90 Å². The third kappa shape index (κ3) is 2.36. The van der Waals surface area contributed by atoms with Crippen LogP contribution < -0.4 is 5.73 Å². The van der Waals surface area contributed by atoms with Crippen LogP contribution >= 0.6 is 0 Å². The number of nitrogens with two attached hydrogens (primary N) is 1. The minimum absolute atomic E-state index is 0.0161. The Morgan fingerprint density at radius 2 is 2.39 bits per heavy atom. The minimum Gasteiger partial charge on any atom is -0.508 e. The number of aromatic hydroxyl groups is 1. The van der Waals surface area contributed by atoms with Crippen LogP contribution in [-0.2, 0) is 4.74 Å². The first-order valence-corrected chi connectivity index (χ1v) is 5.51. The molecule has 1 unspecified atom stereocenters. The summed E-state index contributed by atoms with van der Waals surface area (Å²) in [7, 11) is 0. The number of phenolic OH excluding ortho intramolecular Hbond substituents is 1. The van der Waals surface area contributed by atoms with E-state index in [1.54, 1.807) is 0 Å². The van der Waals surface area contributed by atoms with E-state index in [0.717, 1.165) is 0 Å². The van der Waals surface area contributed by atoms with Crippen molar-refractivity contribution < 1.29 is 14.6 Å². The largest absolute Gasteiger partial charge is 0.508 e. The Bertz CT molecular complexity index is 510. The van der Waals surface area contributed by atoms with Crippen LogP contribution in [0.15, 0.2) is 18.2 Å². The molecule has 94 valence electrons. The van der Waals surface area contributed by atoms with Gasteiger partial charge < -0.3 is 20.5 Å². The Morgan fingerprint density at radius 1 is 1.61 bits per heavy atom. The molecule has 1 heterocycles. The second-order valence-corrected chi connectivity index (χ2v) is 4.01. The number of hydrogen-bond donors (Lipinski definition) is 2. The van der Waals surface area contributed by atoms with Gasteiger partial charge in [-0.05, 0) is 18.2 Å². The zero-order valence-electron chi connectivity index (χ0n) is 9.67. The molecule has 1 aliphatic rings. The number of hydrogen-bond acceptors (Lipinski definition) is 5. The molecule has 3 N–H and O–H groups in total. The lowest BCUT2D eigenvalue weighted by Crippen LogP contribution is -2.45. The van der Waals surface area contributed by atoms with Crippen LogP contribution in [0.4, 0.5) is 5.69 Å². The minimum atomic E-state index is -0.610. The van der Waals surface area contributed by atoms with E-state index >= 15 is 0 Å². The number of carbonyl (C=O) groups is 1. The molecule has 1 aromatic rings. The first-order valence-electron chi connectivity index (χ1n) is 5.51. The fraction of sp³-hybridized carbons (Fsp3) is 0.333. The van der Waals surface area contributed by atoms with Crippen LogP contribution in [0.1, 0.15) is 10.4 Å². The second kappa shape index (κ2) is 4.94. The van der Waals surface area contributed by atoms with Gasteiger partial charge in [0.1, 0.15) is 5.75 Å². The lowest BCUT2D eigenvalue weighted by Gasteiger charge is -2.30. The first kappa shape index (κ1) is 12.2. The highest BCUT2D eigenvalue weighted by atomic mass is 16.5. The number of morpholine rings is 1. The summed E-state index contributed by atoms with van der Waals surface area (Å²) in [5, 5.41) is 18.2. The summed E-state index contributed by atoms with van der Waals surface area (Å²) in [6, 6.07) is 6.19. The van der Waals surface area contributed by atoms with Gasteiger partial charge in [0, 0.05) is 12.2 Å². The molecule has 6 heteroatoms. The Hall–Kier alpha value is -2.26. The average molecular weight is 247 g/mol. The normalized spacial score (nSPS) is 19.3. The molecule has 0 spiro atoms. The predicted molar refractivity (Wildman–Crippen MR) is 63.8 cm³/mol. The Kier molecular flexibility index (Phi) is 3.35. The molecule has 1 aliphatic heterocycles. The van der Waals surface area contributed by atoms with Crippen LogP contribution in [0.2, 0.25) is 0 Å². The van der Waals surface area contributed by atoms with Gasteiger partial charge in [0.25, 0.3) is 5.91 Å². The lowest BCUT2D eigenvalue weighted by molar-refractivity contribution is 0.00350. The topological polar surface area (TPSA) is 99.6 Å². The molecule has 0 bridgehead atoms. The molecule has 1 fully saturated rings. The van der Waals surface area contributed by atoms with E-state index in [-0.39, 0.29) is 23.8 Å². The summed E-state index contributed by atoms with van der Waals surface area (Å²) in [5.74, 6) is -0.315. The van der Waals surface area contributed by atoms with Crippen molar-refractivity contribution in [2.45, 2.75) is 6.10 Å². The van der Waals surface area contributed by atoms with Gasteiger partial charge in [0.2, 0.25) is 0 Å². The van der Waals surface area contributed by atoms with Crippen LogP contribution in [-0.4, -0.2) is 41.7 Å². The zero-order valence-corrected chi connectivity index (χ0v) is 9.67. The molecule has 0 aromatic heterocycles. The van der Waals surface area contributed by atoms with Gasteiger partial charge in [-0.15, -0.1) is 0 Å². The van der Waals surface area contributed by atoms with Gasteiger partial charge in [-0.2, -0.15) is 5.26 Å². The highest BCUT2D eigenvalue weighted by Gasteiger charge is 2.26. The smallest absolute Gasteiger partial charge is 0.256 e. The maximum Gasteiger partial charge on any atom is 0.256 e. The maximum atomic E-state index is 12.2. The van der Waals surface area contributed by atoms with Crippen LogP contribution in [0, 0.1) is 11.3 Å². The molecular formula is C12H13N3O3. The molecule has 0 aliphatic carbocycles. The first-order chi connectivity index (χ1) is 8.61. The molecule has 1 saturated heterocycles. The van der Waals surface area contributed by atoms with Crippen molar-refractivity contribution in [3.63, 3.8) is 0 Å². The maximum absolute atomic E-state index is 12.2. The van der Waals surface area contributed by atoms with E-state index in [1.165, 1.54) is 23.1 Å². The fourth-order valence-electron chi connectivity index (χ4n) is 1.81. The quantitative estimate of drug-likeness (QED) is 0.550. The highest BCUT2D eigenvalue weighted by Crippen LogP contribution is 2.21. The van der Waals surface area contributed by atoms with Crippen LogP contribution in [0.5, 0.6) is 5.75 Å². The van der Waals surface area contributed by atoms with E-state index in [0.29, 0.717) is 18.8 Å². The van der Waals surface area contributed by atoms with Gasteiger partial charge in [-0.3, -0.25) is 4.79 Å². The zero-order chi connectivity index (χ0) is 13.1. The van der Waals surface area contributed by atoms with Crippen molar-refractivity contribution in [1.82, 2.24) is 4.90 Å². The van der Waals surface area contributed by atoms with E-state index in [1.807, 2.05) is 6.07 Å². The van der Waals surface area contributed by atoms with Crippen molar-refractivity contribution in [3.05, 3.63) is 23.8 Å². The number of carbonyl (C=O) groups excluding carboxylic acids is 1. The number of nitrogen functional groups attached to an aromatic ring is 1. The fourth-order valence-corrected chi connectivity index (χ4v) is 1.81. The molecule has 0 saturated carbocycles. The number of ether oxygens (including phenoxy) is 1. The highest BCUT2D eigenvalue weighted by molar-refractivity contribution is 5.99. The molecule has 1 aromatic carbocycles. The van der Waals surface area contributed by atoms with Crippen molar-refractivity contribution in [2.75, 3.05) is 25.4 Å². The van der Waals surface area contributed by atoms with Gasteiger partial charge in [0.05, 0.1) is 24.8 Å². The van der Waals surface area contributed by atoms with Crippen LogP contribution in [0.25, 0.3) is 0 Å². The van der Waals surface area contributed by atoms with Gasteiger partial charge in [-0.25, -0.2) is 0 Å². The molecule has 1 amide bonds. The summed E-state index contributed by atoms with van der Waals surface area (Å²) in [6.07, 6.45) is -0.610. The number of amides is 1. The molecule has 0 radical (unpaired) electrons. The Morgan fingerprint density at radius 3 is 3.11 bits per heavy atom. The number of rotatable bonds is 1. The SMILES string of the molecule is N#CC1CN(C(=O)c2cc(O)ccc2N)CCO1. The Labute approximate surface area is 104 Å². The van der Waals surface area contributed by atoms with E-state index in [4.69, 9.17) is 15.7 Å². The van der Waals surface area contributed by atoms with E-state index in [2.05, 4.69) is 0 Å². The number of anilines is 1. The monoisotopic (exact) mass is 247 g/mol. The van der Waals surface area contributed by atoms with Gasteiger partial charge in [0.15, 0.2) is 6.10 Å².